The van der Waals surface area contributed by atoms with E-state index >= 15 is 0 Å². The molecule has 140 valence electrons. The van der Waals surface area contributed by atoms with Crippen LogP contribution in [0.2, 0.25) is 0 Å². The SMILES string of the molecule is COCCc1nc(-c2ccc3c(c2)ncn3CCO)n(CC(F)(F)F)n1. The summed E-state index contributed by atoms with van der Waals surface area (Å²) in [4.78, 5) is 8.49. The zero-order valence-corrected chi connectivity index (χ0v) is 14.1. The molecule has 0 unspecified atom stereocenters. The smallest absolute Gasteiger partial charge is 0.395 e. The van der Waals surface area contributed by atoms with Crippen LogP contribution in [0.3, 0.4) is 0 Å². The topological polar surface area (TPSA) is 78.0 Å². The second-order valence-electron chi connectivity index (χ2n) is 5.73. The second kappa shape index (κ2) is 7.42. The third-order valence-electron chi connectivity index (χ3n) is 3.79. The molecular weight excluding hydrogens is 351 g/mol. The van der Waals surface area contributed by atoms with E-state index in [1.54, 1.807) is 29.1 Å². The normalized spacial score (nSPS) is 12.2. The lowest BCUT2D eigenvalue weighted by molar-refractivity contribution is -0.142. The summed E-state index contributed by atoms with van der Waals surface area (Å²) in [5.41, 5.74) is 1.88. The highest BCUT2D eigenvalue weighted by Crippen LogP contribution is 2.26. The molecule has 0 saturated carbocycles. The summed E-state index contributed by atoms with van der Waals surface area (Å²) < 4.78 is 46.2. The maximum absolute atomic E-state index is 12.9. The van der Waals surface area contributed by atoms with E-state index in [4.69, 9.17) is 9.84 Å². The van der Waals surface area contributed by atoms with E-state index in [-0.39, 0.29) is 18.3 Å². The van der Waals surface area contributed by atoms with Gasteiger partial charge in [0.2, 0.25) is 0 Å². The van der Waals surface area contributed by atoms with Crippen LogP contribution in [0.5, 0.6) is 0 Å². The van der Waals surface area contributed by atoms with Crippen molar-refractivity contribution in [2.75, 3.05) is 20.3 Å². The van der Waals surface area contributed by atoms with Gasteiger partial charge in [0.25, 0.3) is 0 Å². The molecule has 0 aliphatic rings. The number of ether oxygens (including phenoxy) is 1. The Bertz CT molecular complexity index is 888. The van der Waals surface area contributed by atoms with Crippen LogP contribution in [0.25, 0.3) is 22.4 Å². The number of fused-ring (bicyclic) bond motifs is 1. The minimum absolute atomic E-state index is 0.0318. The number of nitrogens with zero attached hydrogens (tertiary/aromatic N) is 5. The molecule has 1 aromatic carbocycles. The molecule has 3 rings (SSSR count). The molecule has 2 aromatic heterocycles. The average molecular weight is 369 g/mol. The van der Waals surface area contributed by atoms with Crippen LogP contribution in [-0.2, 0) is 24.2 Å². The Morgan fingerprint density at radius 3 is 2.77 bits per heavy atom. The van der Waals surface area contributed by atoms with Gasteiger partial charge in [0.05, 0.1) is 30.6 Å². The highest BCUT2D eigenvalue weighted by Gasteiger charge is 2.30. The van der Waals surface area contributed by atoms with Gasteiger partial charge < -0.3 is 14.4 Å². The van der Waals surface area contributed by atoms with Crippen molar-refractivity contribution >= 4 is 11.0 Å². The van der Waals surface area contributed by atoms with Crippen LogP contribution in [0.1, 0.15) is 5.82 Å². The molecular formula is C16H18F3N5O2. The Morgan fingerprint density at radius 2 is 2.08 bits per heavy atom. The van der Waals surface area contributed by atoms with Crippen LogP contribution in [0, 0.1) is 0 Å². The number of alkyl halides is 3. The average Bonchev–Trinajstić information content (AvgIpc) is 3.15. The minimum Gasteiger partial charge on any atom is -0.395 e. The summed E-state index contributed by atoms with van der Waals surface area (Å²) in [6, 6.07) is 5.09. The van der Waals surface area contributed by atoms with Gasteiger partial charge in [-0.05, 0) is 18.2 Å². The number of imidazole rings is 1. The maximum Gasteiger partial charge on any atom is 0.408 e. The highest BCUT2D eigenvalue weighted by atomic mass is 19.4. The zero-order valence-electron chi connectivity index (χ0n) is 14.1. The maximum atomic E-state index is 12.9. The Labute approximate surface area is 147 Å². The van der Waals surface area contributed by atoms with Crippen LogP contribution in [0.4, 0.5) is 13.2 Å². The summed E-state index contributed by atoms with van der Waals surface area (Å²) in [7, 11) is 1.50. The number of methoxy groups -OCH3 is 1. The second-order valence-corrected chi connectivity index (χ2v) is 5.73. The first kappa shape index (κ1) is 18.3. The van der Waals surface area contributed by atoms with E-state index in [0.717, 1.165) is 10.2 Å². The number of rotatable bonds is 7. The van der Waals surface area contributed by atoms with Gasteiger partial charge in [-0.15, -0.1) is 0 Å². The van der Waals surface area contributed by atoms with Crippen LogP contribution < -0.4 is 0 Å². The molecule has 0 fully saturated rings. The Kier molecular flexibility index (Phi) is 5.23. The van der Waals surface area contributed by atoms with E-state index in [1.807, 2.05) is 0 Å². The summed E-state index contributed by atoms with van der Waals surface area (Å²) in [6.07, 6.45) is -2.51. The molecule has 0 radical (unpaired) electrons. The summed E-state index contributed by atoms with van der Waals surface area (Å²) in [5, 5.41) is 13.0. The van der Waals surface area contributed by atoms with E-state index in [0.29, 0.717) is 30.7 Å². The lowest BCUT2D eigenvalue weighted by Gasteiger charge is -2.09. The predicted octanol–water partition coefficient (Wildman–Crippen LogP) is 2.04. The fourth-order valence-corrected chi connectivity index (χ4v) is 2.67. The fraction of sp³-hybridized carbons (Fsp3) is 0.438. The van der Waals surface area contributed by atoms with Crippen LogP contribution in [0.15, 0.2) is 24.5 Å². The Balaban J connectivity index is 2.00. The predicted molar refractivity (Wildman–Crippen MR) is 87.5 cm³/mol. The number of halogens is 3. The molecule has 0 bridgehead atoms. The molecule has 0 saturated heterocycles. The van der Waals surface area contributed by atoms with E-state index in [2.05, 4.69) is 15.1 Å². The molecule has 0 aliphatic heterocycles. The molecule has 0 atom stereocenters. The van der Waals surface area contributed by atoms with Crippen molar-refractivity contribution < 1.29 is 23.0 Å². The third-order valence-corrected chi connectivity index (χ3v) is 3.79. The molecule has 0 amide bonds. The number of benzene rings is 1. The fourth-order valence-electron chi connectivity index (χ4n) is 2.67. The van der Waals surface area contributed by atoms with Crippen LogP contribution >= 0.6 is 0 Å². The quantitative estimate of drug-likeness (QED) is 0.690. The largest absolute Gasteiger partial charge is 0.408 e. The van der Waals surface area contributed by atoms with Crippen molar-refractivity contribution in [3.05, 3.63) is 30.4 Å². The summed E-state index contributed by atoms with van der Waals surface area (Å²) in [6.45, 7) is -0.545. The molecule has 10 heteroatoms. The number of hydrogen-bond donors (Lipinski definition) is 1. The number of aliphatic hydroxyl groups excluding tert-OH is 1. The zero-order chi connectivity index (χ0) is 18.7. The Morgan fingerprint density at radius 1 is 1.27 bits per heavy atom. The molecule has 2 heterocycles. The summed E-state index contributed by atoms with van der Waals surface area (Å²) in [5.74, 6) is 0.420. The van der Waals surface area contributed by atoms with Crippen LogP contribution in [-0.4, -0.2) is 55.9 Å². The molecule has 1 N–H and O–H groups in total. The monoisotopic (exact) mass is 369 g/mol. The lowest BCUT2D eigenvalue weighted by Crippen LogP contribution is -2.19. The van der Waals surface area contributed by atoms with Crippen molar-refractivity contribution in [2.24, 2.45) is 0 Å². The molecule has 26 heavy (non-hydrogen) atoms. The molecule has 0 aliphatic carbocycles. The van der Waals surface area contributed by atoms with Gasteiger partial charge in [-0.2, -0.15) is 18.3 Å². The van der Waals surface area contributed by atoms with E-state index < -0.39 is 12.7 Å². The van der Waals surface area contributed by atoms with Gasteiger partial charge in [0, 0.05) is 25.6 Å². The van der Waals surface area contributed by atoms with Crippen molar-refractivity contribution in [3.8, 4) is 11.4 Å². The van der Waals surface area contributed by atoms with Crippen molar-refractivity contribution in [2.45, 2.75) is 25.7 Å². The minimum atomic E-state index is -4.41. The van der Waals surface area contributed by atoms with Gasteiger partial charge in [-0.1, -0.05) is 0 Å². The number of aromatic nitrogens is 5. The van der Waals surface area contributed by atoms with Gasteiger partial charge in [0.15, 0.2) is 11.6 Å². The number of hydrogen-bond acceptors (Lipinski definition) is 5. The summed E-state index contributed by atoms with van der Waals surface area (Å²) >= 11 is 0. The Hall–Kier alpha value is -2.46. The molecule has 0 spiro atoms. The van der Waals surface area contributed by atoms with E-state index in [9.17, 15) is 13.2 Å². The lowest BCUT2D eigenvalue weighted by atomic mass is 10.2. The van der Waals surface area contributed by atoms with Crippen molar-refractivity contribution in [1.82, 2.24) is 24.3 Å². The number of aliphatic hydroxyl groups is 1. The third kappa shape index (κ3) is 4.02. The van der Waals surface area contributed by atoms with Gasteiger partial charge in [-0.25, -0.2) is 14.6 Å². The standard InChI is InChI=1S/C16H18F3N5O2/c1-26-7-4-14-21-15(24(22-14)9-16(17,18)19)11-2-3-13-12(8-11)20-10-23(13)5-6-25/h2-3,8,10,25H,4-7,9H2,1H3. The highest BCUT2D eigenvalue weighted by molar-refractivity contribution is 5.80. The first-order chi connectivity index (χ1) is 12.4. The van der Waals surface area contributed by atoms with Gasteiger partial charge >= 0.3 is 6.18 Å². The molecule has 3 aromatic rings. The van der Waals surface area contributed by atoms with Crippen molar-refractivity contribution in [1.29, 1.82) is 0 Å². The van der Waals surface area contributed by atoms with Crippen molar-refractivity contribution in [3.63, 3.8) is 0 Å². The first-order valence-electron chi connectivity index (χ1n) is 7.97. The van der Waals surface area contributed by atoms with Gasteiger partial charge in [0.1, 0.15) is 6.54 Å². The molecule has 7 nitrogen and oxygen atoms in total. The van der Waals surface area contributed by atoms with Gasteiger partial charge in [-0.3, -0.25) is 0 Å². The first-order valence-corrected chi connectivity index (χ1v) is 7.97. The van der Waals surface area contributed by atoms with E-state index in [1.165, 1.54) is 7.11 Å².